The molecule has 1 aromatic carbocycles. The molecule has 1 aromatic rings. The molecule has 0 atom stereocenters. The summed E-state index contributed by atoms with van der Waals surface area (Å²) >= 11 is 0. The van der Waals surface area contributed by atoms with Gasteiger partial charge in [-0.1, -0.05) is 0 Å². The second-order valence-electron chi connectivity index (χ2n) is 3.34. The fourth-order valence-electron chi connectivity index (χ4n) is 1.22. The topological polar surface area (TPSA) is 78.1 Å². The minimum Gasteiger partial charge on any atom is -0.493 e. The zero-order valence-corrected chi connectivity index (χ0v) is 10.2. The van der Waals surface area contributed by atoms with E-state index in [4.69, 9.17) is 15.3 Å². The number of hydrogen-bond donors (Lipinski definition) is 1. The average Bonchev–Trinajstić information content (AvgIpc) is 2.38. The third-order valence-electron chi connectivity index (χ3n) is 2.01. The van der Waals surface area contributed by atoms with E-state index in [0.717, 1.165) is 12.3 Å². The maximum absolute atomic E-state index is 12.2. The van der Waals surface area contributed by atoms with Crippen LogP contribution in [0, 0.1) is 22.7 Å². The van der Waals surface area contributed by atoms with Crippen molar-refractivity contribution in [1.82, 2.24) is 0 Å². The van der Waals surface area contributed by atoms with Gasteiger partial charge in [0.25, 0.3) is 0 Å². The van der Waals surface area contributed by atoms with Gasteiger partial charge in [0.15, 0.2) is 11.5 Å². The normalized spacial score (nSPS) is 9.90. The Balaban J connectivity index is 3.02. The first-order chi connectivity index (χ1) is 9.39. The minimum atomic E-state index is -4.85. The van der Waals surface area contributed by atoms with E-state index in [9.17, 15) is 13.2 Å². The Labute approximate surface area is 112 Å². The SMILES string of the molecule is COc1ccc(NC=C(C#N)C#N)cc1OC(F)(F)F. The van der Waals surface area contributed by atoms with Crippen LogP contribution in [-0.4, -0.2) is 13.5 Å². The van der Waals surface area contributed by atoms with Crippen LogP contribution in [-0.2, 0) is 0 Å². The van der Waals surface area contributed by atoms with Gasteiger partial charge in [-0.3, -0.25) is 0 Å². The molecule has 0 fully saturated rings. The van der Waals surface area contributed by atoms with Crippen LogP contribution in [0.2, 0.25) is 0 Å². The van der Waals surface area contributed by atoms with Crippen molar-refractivity contribution in [2.24, 2.45) is 0 Å². The highest BCUT2D eigenvalue weighted by Crippen LogP contribution is 2.34. The standard InChI is InChI=1S/C12H8F3N3O2/c1-19-10-3-2-9(18-7-8(5-16)6-17)4-11(10)20-12(13,14)15/h2-4,7,18H,1H3. The first-order valence-electron chi connectivity index (χ1n) is 5.10. The summed E-state index contributed by atoms with van der Waals surface area (Å²) in [7, 11) is 1.20. The number of benzene rings is 1. The molecular formula is C12H8F3N3O2. The van der Waals surface area contributed by atoms with Gasteiger partial charge in [-0.25, -0.2) is 0 Å². The maximum Gasteiger partial charge on any atom is 0.573 e. The lowest BCUT2D eigenvalue weighted by Crippen LogP contribution is -2.17. The minimum absolute atomic E-state index is 0.0994. The molecule has 1 rings (SSSR count). The second kappa shape index (κ2) is 6.34. The van der Waals surface area contributed by atoms with Crippen molar-refractivity contribution in [2.45, 2.75) is 6.36 Å². The van der Waals surface area contributed by atoms with Crippen LogP contribution in [0.1, 0.15) is 0 Å². The molecule has 20 heavy (non-hydrogen) atoms. The van der Waals surface area contributed by atoms with Crippen LogP contribution in [0.15, 0.2) is 30.0 Å². The van der Waals surface area contributed by atoms with E-state index in [2.05, 4.69) is 10.1 Å². The van der Waals surface area contributed by atoms with Gasteiger partial charge in [0.1, 0.15) is 17.7 Å². The highest BCUT2D eigenvalue weighted by Gasteiger charge is 2.32. The zero-order valence-electron chi connectivity index (χ0n) is 10.2. The summed E-state index contributed by atoms with van der Waals surface area (Å²) in [6.07, 6.45) is -3.79. The summed E-state index contributed by atoms with van der Waals surface area (Å²) < 4.78 is 45.2. The number of hydrogen-bond acceptors (Lipinski definition) is 5. The fraction of sp³-hybridized carbons (Fsp3) is 0.167. The quantitative estimate of drug-likeness (QED) is 0.859. The molecule has 0 saturated carbocycles. The molecule has 0 amide bonds. The monoisotopic (exact) mass is 283 g/mol. The Morgan fingerprint density at radius 1 is 1.25 bits per heavy atom. The smallest absolute Gasteiger partial charge is 0.493 e. The zero-order chi connectivity index (χ0) is 15.2. The lowest BCUT2D eigenvalue weighted by Gasteiger charge is -2.13. The summed E-state index contributed by atoms with van der Waals surface area (Å²) in [6.45, 7) is 0. The summed E-state index contributed by atoms with van der Waals surface area (Å²) in [6, 6.07) is 6.90. The molecule has 0 aromatic heterocycles. The number of anilines is 1. The number of halogens is 3. The Hall–Kier alpha value is -2.87. The lowest BCUT2D eigenvalue weighted by atomic mass is 10.2. The van der Waals surface area contributed by atoms with E-state index in [-0.39, 0.29) is 17.0 Å². The largest absolute Gasteiger partial charge is 0.573 e. The molecule has 0 bridgehead atoms. The Bertz CT molecular complexity index is 581. The second-order valence-corrected chi connectivity index (χ2v) is 3.34. The van der Waals surface area contributed by atoms with E-state index in [0.29, 0.717) is 0 Å². The number of alkyl halides is 3. The van der Waals surface area contributed by atoms with Crippen LogP contribution in [0.4, 0.5) is 18.9 Å². The van der Waals surface area contributed by atoms with E-state index in [1.807, 2.05) is 0 Å². The van der Waals surface area contributed by atoms with Crippen molar-refractivity contribution < 1.29 is 22.6 Å². The molecule has 1 N–H and O–H groups in total. The third-order valence-corrected chi connectivity index (χ3v) is 2.01. The lowest BCUT2D eigenvalue weighted by molar-refractivity contribution is -0.275. The van der Waals surface area contributed by atoms with Gasteiger partial charge in [0.2, 0.25) is 0 Å². The first kappa shape index (κ1) is 15.2. The van der Waals surface area contributed by atoms with Crippen LogP contribution in [0.3, 0.4) is 0 Å². The van der Waals surface area contributed by atoms with Crippen molar-refractivity contribution in [3.63, 3.8) is 0 Å². The van der Waals surface area contributed by atoms with Crippen molar-refractivity contribution in [1.29, 1.82) is 10.5 Å². The number of allylic oxidation sites excluding steroid dienone is 1. The molecular weight excluding hydrogens is 275 g/mol. The highest BCUT2D eigenvalue weighted by molar-refractivity contribution is 5.57. The molecule has 0 aliphatic rings. The Kier molecular flexibility index (Phi) is 4.82. The van der Waals surface area contributed by atoms with Crippen molar-refractivity contribution in [3.05, 3.63) is 30.0 Å². The summed E-state index contributed by atoms with van der Waals surface area (Å²) in [5.41, 5.74) is -0.0212. The van der Waals surface area contributed by atoms with Gasteiger partial charge in [-0.2, -0.15) is 10.5 Å². The number of rotatable bonds is 4. The van der Waals surface area contributed by atoms with Crippen molar-refractivity contribution in [3.8, 4) is 23.6 Å². The highest BCUT2D eigenvalue weighted by atomic mass is 19.4. The fourth-order valence-corrected chi connectivity index (χ4v) is 1.22. The van der Waals surface area contributed by atoms with E-state index >= 15 is 0 Å². The van der Waals surface area contributed by atoms with Crippen molar-refractivity contribution in [2.75, 3.05) is 12.4 Å². The van der Waals surface area contributed by atoms with Gasteiger partial charge < -0.3 is 14.8 Å². The summed E-state index contributed by atoms with van der Waals surface area (Å²) in [5, 5.41) is 19.6. The van der Waals surface area contributed by atoms with E-state index < -0.39 is 12.1 Å². The molecule has 0 heterocycles. The Morgan fingerprint density at radius 3 is 2.40 bits per heavy atom. The van der Waals surface area contributed by atoms with Gasteiger partial charge in [-0.05, 0) is 12.1 Å². The van der Waals surface area contributed by atoms with Crippen LogP contribution in [0.25, 0.3) is 0 Å². The number of methoxy groups -OCH3 is 1. The third kappa shape index (κ3) is 4.42. The van der Waals surface area contributed by atoms with Crippen LogP contribution < -0.4 is 14.8 Å². The first-order valence-corrected chi connectivity index (χ1v) is 5.10. The number of nitrogens with one attached hydrogen (secondary N) is 1. The van der Waals surface area contributed by atoms with Gasteiger partial charge >= 0.3 is 6.36 Å². The van der Waals surface area contributed by atoms with E-state index in [1.165, 1.54) is 19.2 Å². The number of nitriles is 2. The number of ether oxygens (including phenoxy) is 2. The summed E-state index contributed by atoms with van der Waals surface area (Å²) in [5.74, 6) is -0.633. The predicted octanol–water partition coefficient (Wildman–Crippen LogP) is 2.94. The predicted molar refractivity (Wildman–Crippen MR) is 62.6 cm³/mol. The maximum atomic E-state index is 12.2. The average molecular weight is 283 g/mol. The molecule has 5 nitrogen and oxygen atoms in total. The summed E-state index contributed by atoms with van der Waals surface area (Å²) in [4.78, 5) is 0. The molecule has 0 spiro atoms. The van der Waals surface area contributed by atoms with Gasteiger partial charge in [0.05, 0.1) is 7.11 Å². The molecule has 8 heteroatoms. The molecule has 0 aliphatic carbocycles. The molecule has 104 valence electrons. The van der Waals surface area contributed by atoms with Gasteiger partial charge in [0, 0.05) is 18.0 Å². The van der Waals surface area contributed by atoms with E-state index in [1.54, 1.807) is 12.1 Å². The van der Waals surface area contributed by atoms with Crippen molar-refractivity contribution >= 4 is 5.69 Å². The molecule has 0 saturated heterocycles. The van der Waals surface area contributed by atoms with Gasteiger partial charge in [-0.15, -0.1) is 13.2 Å². The molecule has 0 unspecified atom stereocenters. The number of nitrogens with zero attached hydrogens (tertiary/aromatic N) is 2. The van der Waals surface area contributed by atoms with Crippen LogP contribution >= 0.6 is 0 Å². The molecule has 0 radical (unpaired) electrons. The Morgan fingerprint density at radius 2 is 1.90 bits per heavy atom. The molecule has 0 aliphatic heterocycles. The van der Waals surface area contributed by atoms with Crippen LogP contribution in [0.5, 0.6) is 11.5 Å².